The van der Waals surface area contributed by atoms with Gasteiger partial charge in [0, 0.05) is 0 Å². The molecule has 1 aliphatic heterocycles. The Bertz CT molecular complexity index is 115. The van der Waals surface area contributed by atoms with Gasteiger partial charge in [-0.05, 0) is 23.0 Å². The first-order valence-corrected chi connectivity index (χ1v) is 3.17. The molecule has 4 heteroatoms. The van der Waals surface area contributed by atoms with Gasteiger partial charge in [-0.15, -0.1) is 0 Å². The van der Waals surface area contributed by atoms with Crippen molar-refractivity contribution in [3.05, 3.63) is 0 Å². The van der Waals surface area contributed by atoms with E-state index in [1.165, 1.54) is 0 Å². The van der Waals surface area contributed by atoms with Crippen LogP contribution in [0.4, 0.5) is 0 Å². The van der Waals surface area contributed by atoms with E-state index < -0.39 is 0 Å². The van der Waals surface area contributed by atoms with Gasteiger partial charge in [0.05, 0.1) is 6.42 Å². The van der Waals surface area contributed by atoms with Crippen LogP contribution in [0.25, 0.3) is 0 Å². The molecule has 46 valence electrons. The molecular formula is C4H7BrN2O. The largest absolute Gasteiger partial charge is 0.375 e. The summed E-state index contributed by atoms with van der Waals surface area (Å²) in [6, 6.07) is 0. The van der Waals surface area contributed by atoms with E-state index in [9.17, 15) is 0 Å². The minimum Gasteiger partial charge on any atom is -0.375 e. The highest BCUT2D eigenvalue weighted by molar-refractivity contribution is 9.18. The molecule has 0 aromatic heterocycles. The Morgan fingerprint density at radius 3 is 3.00 bits per heavy atom. The fourth-order valence-electron chi connectivity index (χ4n) is 0.503. The molecule has 1 rings (SSSR count). The van der Waals surface area contributed by atoms with Gasteiger partial charge in [0.2, 0.25) is 0 Å². The molecule has 0 amide bonds. The van der Waals surface area contributed by atoms with E-state index in [1.54, 1.807) is 0 Å². The summed E-state index contributed by atoms with van der Waals surface area (Å²) in [5.74, 6) is 0. The lowest BCUT2D eigenvalue weighted by Crippen LogP contribution is -2.23. The van der Waals surface area contributed by atoms with Crippen molar-refractivity contribution >= 4 is 20.6 Å². The molecule has 1 aliphatic rings. The molecule has 0 aromatic carbocycles. The Labute approximate surface area is 56.2 Å². The second-order valence-electron chi connectivity index (χ2n) is 1.55. The van der Waals surface area contributed by atoms with Gasteiger partial charge in [-0.2, -0.15) is 0 Å². The number of nitrogens with one attached hydrogen (secondary N) is 1. The second kappa shape index (κ2) is 2.46. The smallest absolute Gasteiger partial charge is 0.184 e. The van der Waals surface area contributed by atoms with Crippen molar-refractivity contribution in [1.29, 1.82) is 0 Å². The average molecular weight is 179 g/mol. The maximum absolute atomic E-state index is 4.84. The molecule has 1 unspecified atom stereocenters. The standard InChI is InChI=1S/C4H7BrN2O/c1-6-4-2-3(5)7-8-4/h4,6H,2H2,1H3. The summed E-state index contributed by atoms with van der Waals surface area (Å²) < 4.78 is 0.872. The van der Waals surface area contributed by atoms with Crippen LogP contribution in [-0.2, 0) is 4.84 Å². The number of hydrogen-bond donors (Lipinski definition) is 1. The van der Waals surface area contributed by atoms with Gasteiger partial charge in [-0.3, -0.25) is 5.32 Å². The lowest BCUT2D eigenvalue weighted by molar-refractivity contribution is 0.0662. The van der Waals surface area contributed by atoms with Crippen LogP contribution in [-0.4, -0.2) is 17.9 Å². The molecule has 0 spiro atoms. The van der Waals surface area contributed by atoms with Crippen LogP contribution in [0, 0.1) is 0 Å². The van der Waals surface area contributed by atoms with Gasteiger partial charge in [0.25, 0.3) is 0 Å². The van der Waals surface area contributed by atoms with E-state index in [4.69, 9.17) is 4.84 Å². The molecule has 1 atom stereocenters. The first kappa shape index (κ1) is 6.04. The summed E-state index contributed by atoms with van der Waals surface area (Å²) in [4.78, 5) is 4.84. The maximum Gasteiger partial charge on any atom is 0.184 e. The van der Waals surface area contributed by atoms with Crippen molar-refractivity contribution in [2.75, 3.05) is 7.05 Å². The number of oxime groups is 1. The average Bonchev–Trinajstić information content (AvgIpc) is 2.14. The Kier molecular flexibility index (Phi) is 1.85. The third kappa shape index (κ3) is 1.20. The third-order valence-corrected chi connectivity index (χ3v) is 1.42. The van der Waals surface area contributed by atoms with Crippen LogP contribution in [0.15, 0.2) is 5.16 Å². The molecule has 0 aromatic rings. The number of rotatable bonds is 1. The van der Waals surface area contributed by atoms with Crippen molar-refractivity contribution in [1.82, 2.24) is 5.32 Å². The third-order valence-electron chi connectivity index (χ3n) is 0.955. The van der Waals surface area contributed by atoms with Crippen LogP contribution in [0.3, 0.4) is 0 Å². The summed E-state index contributed by atoms with van der Waals surface area (Å²) in [6.07, 6.45) is 0.903. The fourth-order valence-corrected chi connectivity index (χ4v) is 0.881. The molecule has 0 saturated heterocycles. The quantitative estimate of drug-likeness (QED) is 0.641. The minimum atomic E-state index is 0.0735. The molecule has 1 heterocycles. The predicted octanol–water partition coefficient (Wildman–Crippen LogP) is 0.661. The normalized spacial score (nSPS) is 27.2. The molecule has 0 bridgehead atoms. The van der Waals surface area contributed by atoms with Gasteiger partial charge >= 0.3 is 0 Å². The van der Waals surface area contributed by atoms with Gasteiger partial charge in [0.15, 0.2) is 6.23 Å². The molecule has 0 fully saturated rings. The van der Waals surface area contributed by atoms with Gasteiger partial charge in [-0.1, -0.05) is 5.16 Å². The molecule has 8 heavy (non-hydrogen) atoms. The van der Waals surface area contributed by atoms with Gasteiger partial charge in [-0.25, -0.2) is 0 Å². The zero-order valence-electron chi connectivity index (χ0n) is 4.52. The van der Waals surface area contributed by atoms with Crippen LogP contribution >= 0.6 is 15.9 Å². The summed E-state index contributed by atoms with van der Waals surface area (Å²) in [5, 5.41) is 6.59. The number of halogens is 1. The maximum atomic E-state index is 4.84. The topological polar surface area (TPSA) is 33.6 Å². The number of hydrogen-bond acceptors (Lipinski definition) is 3. The van der Waals surface area contributed by atoms with Crippen molar-refractivity contribution in [2.45, 2.75) is 12.6 Å². The Morgan fingerprint density at radius 2 is 2.75 bits per heavy atom. The van der Waals surface area contributed by atoms with Crippen molar-refractivity contribution in [2.24, 2.45) is 5.16 Å². The summed E-state index contributed by atoms with van der Waals surface area (Å²) >= 11 is 3.20. The van der Waals surface area contributed by atoms with Crippen LogP contribution in [0.2, 0.25) is 0 Å². The van der Waals surface area contributed by atoms with E-state index >= 15 is 0 Å². The molecule has 1 N–H and O–H groups in total. The van der Waals surface area contributed by atoms with Crippen molar-refractivity contribution in [3.63, 3.8) is 0 Å². The van der Waals surface area contributed by atoms with Crippen molar-refractivity contribution < 1.29 is 4.84 Å². The highest BCUT2D eigenvalue weighted by Crippen LogP contribution is 2.10. The van der Waals surface area contributed by atoms with Crippen LogP contribution in [0.5, 0.6) is 0 Å². The fraction of sp³-hybridized carbons (Fsp3) is 0.750. The van der Waals surface area contributed by atoms with E-state index in [-0.39, 0.29) is 6.23 Å². The monoisotopic (exact) mass is 178 g/mol. The molecule has 0 radical (unpaired) electrons. The predicted molar refractivity (Wildman–Crippen MR) is 34.9 cm³/mol. The summed E-state index contributed by atoms with van der Waals surface area (Å²) in [5.41, 5.74) is 0. The van der Waals surface area contributed by atoms with Gasteiger partial charge < -0.3 is 4.84 Å². The zero-order chi connectivity index (χ0) is 5.98. The summed E-state index contributed by atoms with van der Waals surface area (Å²) in [6.45, 7) is 0. The van der Waals surface area contributed by atoms with E-state index in [2.05, 4.69) is 26.4 Å². The first-order valence-electron chi connectivity index (χ1n) is 2.38. The Morgan fingerprint density at radius 1 is 2.00 bits per heavy atom. The van der Waals surface area contributed by atoms with E-state index in [0.29, 0.717) is 0 Å². The molecule has 0 aliphatic carbocycles. The zero-order valence-corrected chi connectivity index (χ0v) is 6.10. The summed E-state index contributed by atoms with van der Waals surface area (Å²) in [7, 11) is 1.84. The lowest BCUT2D eigenvalue weighted by Gasteiger charge is -2.02. The molecule has 3 nitrogen and oxygen atoms in total. The molecular weight excluding hydrogens is 172 g/mol. The minimum absolute atomic E-state index is 0.0735. The SMILES string of the molecule is CNC1CC(Br)=NO1. The van der Waals surface area contributed by atoms with Crippen LogP contribution in [0.1, 0.15) is 6.42 Å². The lowest BCUT2D eigenvalue weighted by atomic mass is 10.4. The Balaban J connectivity index is 2.32. The van der Waals surface area contributed by atoms with Crippen LogP contribution < -0.4 is 5.32 Å². The first-order chi connectivity index (χ1) is 3.83. The van der Waals surface area contributed by atoms with Crippen molar-refractivity contribution in [3.8, 4) is 0 Å². The van der Waals surface area contributed by atoms with E-state index in [0.717, 1.165) is 11.0 Å². The molecule has 0 saturated carbocycles. The highest BCUT2D eigenvalue weighted by atomic mass is 79.9. The second-order valence-corrected chi connectivity index (χ2v) is 2.47. The number of nitrogens with zero attached hydrogens (tertiary/aromatic N) is 1. The van der Waals surface area contributed by atoms with E-state index in [1.807, 2.05) is 7.05 Å². The van der Waals surface area contributed by atoms with Gasteiger partial charge in [0.1, 0.15) is 4.62 Å². The highest BCUT2D eigenvalue weighted by Gasteiger charge is 2.15. The Hall–Kier alpha value is -0.0900.